The molecule has 2 aromatic rings. The summed E-state index contributed by atoms with van der Waals surface area (Å²) in [6, 6.07) is 11.9. The van der Waals surface area contributed by atoms with E-state index in [0.29, 0.717) is 0 Å². The van der Waals surface area contributed by atoms with Gasteiger partial charge >= 0.3 is 0 Å². The molecule has 3 nitrogen and oxygen atoms in total. The minimum Gasteiger partial charge on any atom is -0.497 e. The van der Waals surface area contributed by atoms with Crippen molar-refractivity contribution in [2.24, 2.45) is 0 Å². The van der Waals surface area contributed by atoms with Crippen LogP contribution in [0.25, 0.3) is 0 Å². The van der Waals surface area contributed by atoms with Gasteiger partial charge in [0.15, 0.2) is 0 Å². The number of nitrogens with one attached hydrogen (secondary N) is 1. The SMILES string of the molecule is COc1cccc(CNCc2ccco2)c1.Cl. The number of methoxy groups -OCH3 is 1. The average molecular weight is 254 g/mol. The Bertz CT molecular complexity index is 429. The molecule has 0 saturated heterocycles. The summed E-state index contributed by atoms with van der Waals surface area (Å²) < 4.78 is 10.4. The molecule has 4 heteroatoms. The van der Waals surface area contributed by atoms with E-state index in [-0.39, 0.29) is 12.4 Å². The lowest BCUT2D eigenvalue weighted by Crippen LogP contribution is -2.12. The molecule has 1 aromatic heterocycles. The van der Waals surface area contributed by atoms with Gasteiger partial charge in [0.1, 0.15) is 11.5 Å². The Balaban J connectivity index is 0.00000144. The summed E-state index contributed by atoms with van der Waals surface area (Å²) >= 11 is 0. The van der Waals surface area contributed by atoms with E-state index in [1.807, 2.05) is 30.3 Å². The minimum atomic E-state index is 0. The van der Waals surface area contributed by atoms with Gasteiger partial charge in [-0.1, -0.05) is 12.1 Å². The first-order chi connectivity index (χ1) is 7.88. The molecule has 0 atom stereocenters. The van der Waals surface area contributed by atoms with Crippen molar-refractivity contribution in [1.82, 2.24) is 5.32 Å². The molecule has 1 N–H and O–H groups in total. The summed E-state index contributed by atoms with van der Waals surface area (Å²) in [6.45, 7) is 1.54. The van der Waals surface area contributed by atoms with Crippen molar-refractivity contribution in [3.63, 3.8) is 0 Å². The van der Waals surface area contributed by atoms with E-state index in [1.165, 1.54) is 5.56 Å². The lowest BCUT2D eigenvalue weighted by molar-refractivity contribution is 0.414. The van der Waals surface area contributed by atoms with Crippen molar-refractivity contribution in [3.05, 3.63) is 54.0 Å². The molecule has 0 fully saturated rings. The van der Waals surface area contributed by atoms with Crippen LogP contribution < -0.4 is 10.1 Å². The minimum absolute atomic E-state index is 0. The van der Waals surface area contributed by atoms with Gasteiger partial charge in [0.2, 0.25) is 0 Å². The fourth-order valence-corrected chi connectivity index (χ4v) is 1.53. The maximum absolute atomic E-state index is 5.23. The van der Waals surface area contributed by atoms with E-state index in [1.54, 1.807) is 13.4 Å². The number of halogens is 1. The lowest BCUT2D eigenvalue weighted by Gasteiger charge is -2.05. The fraction of sp³-hybridized carbons (Fsp3) is 0.231. The molecule has 0 aliphatic rings. The molecule has 92 valence electrons. The van der Waals surface area contributed by atoms with E-state index in [0.717, 1.165) is 24.6 Å². The largest absolute Gasteiger partial charge is 0.497 e. The normalized spacial score (nSPS) is 9.71. The van der Waals surface area contributed by atoms with Crippen molar-refractivity contribution >= 4 is 12.4 Å². The van der Waals surface area contributed by atoms with Gasteiger partial charge in [-0.05, 0) is 29.8 Å². The number of benzene rings is 1. The highest BCUT2D eigenvalue weighted by molar-refractivity contribution is 5.85. The Kier molecular flexibility index (Phi) is 5.60. The maximum atomic E-state index is 5.23. The smallest absolute Gasteiger partial charge is 0.119 e. The summed E-state index contributed by atoms with van der Waals surface area (Å²) in [5, 5.41) is 3.31. The Morgan fingerprint density at radius 3 is 2.76 bits per heavy atom. The van der Waals surface area contributed by atoms with Crippen LogP contribution >= 0.6 is 12.4 Å². The van der Waals surface area contributed by atoms with Crippen LogP contribution in [0.5, 0.6) is 5.75 Å². The number of hydrogen-bond donors (Lipinski definition) is 1. The first-order valence-corrected chi connectivity index (χ1v) is 5.24. The first-order valence-electron chi connectivity index (χ1n) is 5.24. The van der Waals surface area contributed by atoms with Crippen LogP contribution in [0.2, 0.25) is 0 Å². The number of ether oxygens (including phenoxy) is 1. The van der Waals surface area contributed by atoms with E-state index in [9.17, 15) is 0 Å². The Labute approximate surface area is 107 Å². The van der Waals surface area contributed by atoms with Crippen LogP contribution in [0, 0.1) is 0 Å². The molecule has 0 amide bonds. The second-order valence-electron chi connectivity index (χ2n) is 3.53. The fourth-order valence-electron chi connectivity index (χ4n) is 1.53. The standard InChI is InChI=1S/C13H15NO2.ClH/c1-15-12-5-2-4-11(8-12)9-14-10-13-6-3-7-16-13;/h2-8,14H,9-10H2,1H3;1H. The molecule has 1 aromatic carbocycles. The third kappa shape index (κ3) is 4.13. The molecule has 1 heterocycles. The van der Waals surface area contributed by atoms with Gasteiger partial charge in [-0.15, -0.1) is 12.4 Å². The first kappa shape index (κ1) is 13.6. The summed E-state index contributed by atoms with van der Waals surface area (Å²) in [5.74, 6) is 1.83. The molecular formula is C13H16ClNO2. The predicted molar refractivity (Wildman–Crippen MR) is 69.5 cm³/mol. The van der Waals surface area contributed by atoms with Crippen LogP contribution in [0.3, 0.4) is 0 Å². The van der Waals surface area contributed by atoms with Crippen molar-refractivity contribution in [3.8, 4) is 5.75 Å². The monoisotopic (exact) mass is 253 g/mol. The zero-order valence-corrected chi connectivity index (χ0v) is 10.5. The maximum Gasteiger partial charge on any atom is 0.119 e. The summed E-state index contributed by atoms with van der Waals surface area (Å²) in [5.41, 5.74) is 1.20. The molecule has 0 spiro atoms. The van der Waals surface area contributed by atoms with Crippen LogP contribution in [0.15, 0.2) is 47.1 Å². The Morgan fingerprint density at radius 2 is 2.06 bits per heavy atom. The Hall–Kier alpha value is -1.45. The Morgan fingerprint density at radius 1 is 1.18 bits per heavy atom. The molecule has 0 bridgehead atoms. The van der Waals surface area contributed by atoms with Gasteiger partial charge in [0.25, 0.3) is 0 Å². The van der Waals surface area contributed by atoms with Gasteiger partial charge in [-0.25, -0.2) is 0 Å². The van der Waals surface area contributed by atoms with Crippen LogP contribution in [0.4, 0.5) is 0 Å². The molecule has 17 heavy (non-hydrogen) atoms. The zero-order valence-electron chi connectivity index (χ0n) is 9.68. The van der Waals surface area contributed by atoms with Gasteiger partial charge in [0, 0.05) is 6.54 Å². The number of furan rings is 1. The number of rotatable bonds is 5. The molecule has 0 unspecified atom stereocenters. The highest BCUT2D eigenvalue weighted by atomic mass is 35.5. The van der Waals surface area contributed by atoms with Gasteiger partial charge in [-0.3, -0.25) is 0 Å². The highest BCUT2D eigenvalue weighted by Crippen LogP contribution is 2.12. The molecule has 0 aliphatic heterocycles. The van der Waals surface area contributed by atoms with Gasteiger partial charge in [-0.2, -0.15) is 0 Å². The van der Waals surface area contributed by atoms with E-state index in [2.05, 4.69) is 11.4 Å². The highest BCUT2D eigenvalue weighted by Gasteiger charge is 1.97. The zero-order chi connectivity index (χ0) is 11.2. The van der Waals surface area contributed by atoms with Crippen LogP contribution in [-0.2, 0) is 13.1 Å². The molecule has 0 saturated carbocycles. The van der Waals surface area contributed by atoms with Crippen molar-refractivity contribution in [2.75, 3.05) is 7.11 Å². The third-order valence-corrected chi connectivity index (χ3v) is 2.34. The van der Waals surface area contributed by atoms with Gasteiger partial charge < -0.3 is 14.5 Å². The summed E-state index contributed by atoms with van der Waals surface area (Å²) in [4.78, 5) is 0. The average Bonchev–Trinajstić information content (AvgIpc) is 2.82. The lowest BCUT2D eigenvalue weighted by atomic mass is 10.2. The van der Waals surface area contributed by atoms with Crippen LogP contribution in [0.1, 0.15) is 11.3 Å². The van der Waals surface area contributed by atoms with Crippen molar-refractivity contribution in [2.45, 2.75) is 13.1 Å². The third-order valence-electron chi connectivity index (χ3n) is 2.34. The van der Waals surface area contributed by atoms with Crippen molar-refractivity contribution < 1.29 is 9.15 Å². The van der Waals surface area contributed by atoms with E-state index < -0.39 is 0 Å². The molecular weight excluding hydrogens is 238 g/mol. The van der Waals surface area contributed by atoms with Crippen molar-refractivity contribution in [1.29, 1.82) is 0 Å². The topological polar surface area (TPSA) is 34.4 Å². The predicted octanol–water partition coefficient (Wildman–Crippen LogP) is 3.00. The van der Waals surface area contributed by atoms with E-state index in [4.69, 9.17) is 9.15 Å². The molecule has 0 aliphatic carbocycles. The van der Waals surface area contributed by atoms with Gasteiger partial charge in [0.05, 0.1) is 19.9 Å². The van der Waals surface area contributed by atoms with E-state index >= 15 is 0 Å². The van der Waals surface area contributed by atoms with Crippen LogP contribution in [-0.4, -0.2) is 7.11 Å². The summed E-state index contributed by atoms with van der Waals surface area (Å²) in [6.07, 6.45) is 1.68. The molecule has 0 radical (unpaired) electrons. The molecule has 2 rings (SSSR count). The quantitative estimate of drug-likeness (QED) is 0.890. The second kappa shape index (κ2) is 6.99. The second-order valence-corrected chi connectivity index (χ2v) is 3.53. The summed E-state index contributed by atoms with van der Waals surface area (Å²) in [7, 11) is 1.68. The number of hydrogen-bond acceptors (Lipinski definition) is 3.